The van der Waals surface area contributed by atoms with Crippen LogP contribution in [0.15, 0.2) is 22.8 Å². The highest BCUT2D eigenvalue weighted by molar-refractivity contribution is 5.90. The largest absolute Gasteiger partial charge is 0.457 e. The van der Waals surface area contributed by atoms with Crippen LogP contribution in [0.2, 0.25) is 0 Å². The molecular formula is C13H19NO5. The zero-order valence-corrected chi connectivity index (χ0v) is 11.3. The monoisotopic (exact) mass is 269 g/mol. The van der Waals surface area contributed by atoms with E-state index in [4.69, 9.17) is 13.9 Å². The van der Waals surface area contributed by atoms with Crippen molar-refractivity contribution in [3.05, 3.63) is 24.2 Å². The van der Waals surface area contributed by atoms with Gasteiger partial charge < -0.3 is 19.2 Å². The summed E-state index contributed by atoms with van der Waals surface area (Å²) >= 11 is 0. The van der Waals surface area contributed by atoms with Gasteiger partial charge >= 0.3 is 5.97 Å². The molecule has 0 aliphatic heterocycles. The van der Waals surface area contributed by atoms with Crippen molar-refractivity contribution in [2.75, 3.05) is 20.3 Å². The lowest BCUT2D eigenvalue weighted by molar-refractivity contribution is -0.132. The number of hydrogen-bond donors (Lipinski definition) is 1. The van der Waals surface area contributed by atoms with Crippen LogP contribution in [0.4, 0.5) is 0 Å². The molecule has 19 heavy (non-hydrogen) atoms. The molecule has 0 bridgehead atoms. The van der Waals surface area contributed by atoms with E-state index in [1.54, 1.807) is 27.0 Å². The second-order valence-electron chi connectivity index (χ2n) is 4.33. The molecule has 0 aliphatic carbocycles. The van der Waals surface area contributed by atoms with Crippen LogP contribution in [-0.2, 0) is 14.3 Å². The molecule has 0 fully saturated rings. The Hall–Kier alpha value is -1.82. The molecule has 1 unspecified atom stereocenters. The Morgan fingerprint density at radius 2 is 2.16 bits per heavy atom. The van der Waals surface area contributed by atoms with Crippen LogP contribution in [0.25, 0.3) is 0 Å². The molecule has 0 spiro atoms. The van der Waals surface area contributed by atoms with Gasteiger partial charge in [-0.1, -0.05) is 13.8 Å². The molecule has 0 aliphatic rings. The van der Waals surface area contributed by atoms with Crippen molar-refractivity contribution in [1.29, 1.82) is 0 Å². The molecule has 0 radical (unpaired) electrons. The number of ether oxygens (including phenoxy) is 2. The van der Waals surface area contributed by atoms with E-state index in [1.807, 2.05) is 0 Å². The summed E-state index contributed by atoms with van der Waals surface area (Å²) in [6.07, 6.45) is 0.522. The number of carbonyl (C=O) groups excluding carboxylic acids is 2. The molecule has 6 heteroatoms. The van der Waals surface area contributed by atoms with Crippen LogP contribution >= 0.6 is 0 Å². The molecule has 1 heterocycles. The molecule has 1 N–H and O–H groups in total. The smallest absolute Gasteiger partial charge is 0.375 e. The van der Waals surface area contributed by atoms with Gasteiger partial charge in [0.15, 0.2) is 6.10 Å². The van der Waals surface area contributed by atoms with Gasteiger partial charge in [-0.25, -0.2) is 4.79 Å². The molecule has 6 nitrogen and oxygen atoms in total. The lowest BCUT2D eigenvalue weighted by Gasteiger charge is -2.20. The van der Waals surface area contributed by atoms with Crippen LogP contribution in [0.3, 0.4) is 0 Å². The summed E-state index contributed by atoms with van der Waals surface area (Å²) in [5, 5.41) is 2.64. The van der Waals surface area contributed by atoms with Crippen LogP contribution in [-0.4, -0.2) is 38.2 Å². The number of carbonyl (C=O) groups is 2. The van der Waals surface area contributed by atoms with Crippen LogP contribution in [0.1, 0.15) is 24.4 Å². The Balaban J connectivity index is 2.57. The van der Waals surface area contributed by atoms with E-state index in [0.717, 1.165) is 0 Å². The van der Waals surface area contributed by atoms with E-state index in [0.29, 0.717) is 13.2 Å². The third kappa shape index (κ3) is 4.75. The van der Waals surface area contributed by atoms with Gasteiger partial charge in [0.1, 0.15) is 0 Å². The van der Waals surface area contributed by atoms with Gasteiger partial charge in [0, 0.05) is 13.7 Å². The fraction of sp³-hybridized carbons (Fsp3) is 0.538. The minimum Gasteiger partial charge on any atom is -0.457 e. The second-order valence-corrected chi connectivity index (χ2v) is 4.33. The summed E-state index contributed by atoms with van der Waals surface area (Å²) < 4.78 is 14.9. The molecule has 1 atom stereocenters. The predicted octanol–water partition coefficient (Wildman–Crippen LogP) is 1.22. The minimum atomic E-state index is -0.852. The summed E-state index contributed by atoms with van der Waals surface area (Å²) in [6.45, 7) is 4.38. The van der Waals surface area contributed by atoms with Crippen molar-refractivity contribution in [3.63, 3.8) is 0 Å². The van der Waals surface area contributed by atoms with Crippen molar-refractivity contribution in [3.8, 4) is 0 Å². The maximum Gasteiger partial charge on any atom is 0.375 e. The van der Waals surface area contributed by atoms with E-state index < -0.39 is 12.1 Å². The number of furan rings is 1. The highest BCUT2D eigenvalue weighted by Gasteiger charge is 2.27. The van der Waals surface area contributed by atoms with Gasteiger partial charge in [-0.2, -0.15) is 0 Å². The summed E-state index contributed by atoms with van der Waals surface area (Å²) in [6, 6.07) is 3.07. The Kier molecular flexibility index (Phi) is 6.08. The van der Waals surface area contributed by atoms with E-state index >= 15 is 0 Å². The molecule has 106 valence electrons. The molecule has 0 aromatic carbocycles. The Morgan fingerprint density at radius 3 is 2.68 bits per heavy atom. The molecule has 1 aromatic rings. The van der Waals surface area contributed by atoms with Crippen molar-refractivity contribution < 1.29 is 23.5 Å². The molecule has 0 saturated carbocycles. The van der Waals surface area contributed by atoms with Crippen LogP contribution < -0.4 is 5.32 Å². The second kappa shape index (κ2) is 7.58. The molecule has 1 aromatic heterocycles. The van der Waals surface area contributed by atoms with Crippen molar-refractivity contribution in [1.82, 2.24) is 5.32 Å². The maximum atomic E-state index is 11.9. The first kappa shape index (κ1) is 15.2. The maximum absolute atomic E-state index is 11.9. The highest BCUT2D eigenvalue weighted by Crippen LogP contribution is 2.11. The topological polar surface area (TPSA) is 77.8 Å². The average molecular weight is 269 g/mol. The highest BCUT2D eigenvalue weighted by atomic mass is 16.6. The third-order valence-corrected chi connectivity index (χ3v) is 2.43. The van der Waals surface area contributed by atoms with E-state index in [-0.39, 0.29) is 17.6 Å². The molecule has 1 amide bonds. The number of nitrogens with one attached hydrogen (secondary N) is 1. The standard InChI is InChI=1S/C13H19NO5/c1-9(2)11(12(15)14-6-8-17-3)19-13(16)10-5-4-7-18-10/h4-5,7,9,11H,6,8H2,1-3H3,(H,14,15). The number of methoxy groups -OCH3 is 1. The summed E-state index contributed by atoms with van der Waals surface area (Å²) in [4.78, 5) is 23.6. The first-order valence-electron chi connectivity index (χ1n) is 6.07. The van der Waals surface area contributed by atoms with Gasteiger partial charge in [0.25, 0.3) is 5.91 Å². The number of esters is 1. The average Bonchev–Trinajstić information content (AvgIpc) is 2.89. The van der Waals surface area contributed by atoms with Crippen LogP contribution in [0.5, 0.6) is 0 Å². The van der Waals surface area contributed by atoms with E-state index in [1.165, 1.54) is 12.3 Å². The molecular weight excluding hydrogens is 250 g/mol. The Labute approximate surface area is 112 Å². The fourth-order valence-electron chi connectivity index (χ4n) is 1.44. The van der Waals surface area contributed by atoms with Crippen molar-refractivity contribution in [2.45, 2.75) is 20.0 Å². The Morgan fingerprint density at radius 1 is 1.42 bits per heavy atom. The van der Waals surface area contributed by atoms with Crippen LogP contribution in [0, 0.1) is 5.92 Å². The fourth-order valence-corrected chi connectivity index (χ4v) is 1.44. The normalized spacial score (nSPS) is 12.2. The van der Waals surface area contributed by atoms with Gasteiger partial charge in [-0.15, -0.1) is 0 Å². The lowest BCUT2D eigenvalue weighted by Crippen LogP contribution is -2.42. The summed E-state index contributed by atoms with van der Waals surface area (Å²) in [5.74, 6) is -1.05. The minimum absolute atomic E-state index is 0.0790. The first-order chi connectivity index (χ1) is 9.06. The van der Waals surface area contributed by atoms with E-state index in [9.17, 15) is 9.59 Å². The molecule has 1 rings (SSSR count). The number of amides is 1. The van der Waals surface area contributed by atoms with Gasteiger partial charge in [0.05, 0.1) is 12.9 Å². The first-order valence-corrected chi connectivity index (χ1v) is 6.07. The van der Waals surface area contributed by atoms with Crippen molar-refractivity contribution >= 4 is 11.9 Å². The summed E-state index contributed by atoms with van der Waals surface area (Å²) in [7, 11) is 1.54. The number of hydrogen-bond acceptors (Lipinski definition) is 5. The van der Waals surface area contributed by atoms with Gasteiger partial charge in [-0.05, 0) is 18.1 Å². The van der Waals surface area contributed by atoms with Gasteiger partial charge in [-0.3, -0.25) is 4.79 Å². The van der Waals surface area contributed by atoms with Crippen molar-refractivity contribution in [2.24, 2.45) is 5.92 Å². The molecule has 0 saturated heterocycles. The zero-order chi connectivity index (χ0) is 14.3. The zero-order valence-electron chi connectivity index (χ0n) is 11.3. The predicted molar refractivity (Wildman–Crippen MR) is 67.6 cm³/mol. The van der Waals surface area contributed by atoms with Gasteiger partial charge in [0.2, 0.25) is 5.76 Å². The third-order valence-electron chi connectivity index (χ3n) is 2.43. The Bertz CT molecular complexity index is 399. The summed E-state index contributed by atoms with van der Waals surface area (Å²) in [5.41, 5.74) is 0. The SMILES string of the molecule is COCCNC(=O)C(OC(=O)c1ccco1)C(C)C. The quantitative estimate of drug-likeness (QED) is 0.595. The lowest BCUT2D eigenvalue weighted by atomic mass is 10.1. The van der Waals surface area contributed by atoms with E-state index in [2.05, 4.69) is 5.32 Å². The number of rotatable bonds is 7.